The highest BCUT2D eigenvalue weighted by atomic mass is 35.5. The van der Waals surface area contributed by atoms with Crippen molar-refractivity contribution in [3.8, 4) is 10.6 Å². The maximum absolute atomic E-state index is 10.4. The summed E-state index contributed by atoms with van der Waals surface area (Å²) in [5, 5.41) is 4.58. The number of halogens is 2. The zero-order valence-corrected chi connectivity index (χ0v) is 16.9. The Morgan fingerprint density at radius 1 is 1.17 bits per heavy atom. The Hall–Kier alpha value is -3.01. The van der Waals surface area contributed by atoms with Gasteiger partial charge >= 0.3 is 0 Å². The van der Waals surface area contributed by atoms with Crippen molar-refractivity contribution in [2.75, 3.05) is 11.1 Å². The predicted molar refractivity (Wildman–Crippen MR) is 113 cm³/mol. The molecule has 4 aromatic rings. The molecule has 0 radical (unpaired) electrons. The lowest BCUT2D eigenvalue weighted by atomic mass is 10.1. The summed E-state index contributed by atoms with van der Waals surface area (Å²) < 4.78 is 5.56. The van der Waals surface area contributed by atoms with Crippen molar-refractivity contribution in [2.45, 2.75) is 6.61 Å². The molecule has 3 heterocycles. The number of pyridine rings is 1. The Kier molecular flexibility index (Phi) is 5.43. The van der Waals surface area contributed by atoms with Crippen molar-refractivity contribution in [1.82, 2.24) is 19.9 Å². The number of aromatic nitrogens is 4. The zero-order valence-electron chi connectivity index (χ0n) is 14.6. The number of benzene rings is 1. The molecule has 3 N–H and O–H groups in total. The van der Waals surface area contributed by atoms with Gasteiger partial charge in [0.05, 0.1) is 20.3 Å². The Labute approximate surface area is 178 Å². The number of hydrogen-bond acceptors (Lipinski definition) is 9. The van der Waals surface area contributed by atoms with E-state index in [4.69, 9.17) is 33.7 Å². The van der Waals surface area contributed by atoms with Gasteiger partial charge < -0.3 is 15.8 Å². The van der Waals surface area contributed by atoms with Crippen molar-refractivity contribution in [3.05, 3.63) is 52.4 Å². The van der Waals surface area contributed by atoms with Crippen molar-refractivity contribution in [1.29, 1.82) is 0 Å². The van der Waals surface area contributed by atoms with Crippen LogP contribution < -0.4 is 11.1 Å². The van der Waals surface area contributed by atoms with Gasteiger partial charge in [-0.1, -0.05) is 23.2 Å². The molecule has 0 bridgehead atoms. The van der Waals surface area contributed by atoms with Gasteiger partial charge in [0.1, 0.15) is 29.6 Å². The maximum atomic E-state index is 10.4. The number of anilines is 3. The van der Waals surface area contributed by atoms with Crippen LogP contribution in [0.1, 0.15) is 5.56 Å². The van der Waals surface area contributed by atoms with E-state index in [9.17, 15) is 4.79 Å². The Bertz CT molecular complexity index is 1190. The van der Waals surface area contributed by atoms with Crippen LogP contribution in [0.3, 0.4) is 0 Å². The molecule has 1 aromatic carbocycles. The summed E-state index contributed by atoms with van der Waals surface area (Å²) in [4.78, 5) is 27.4. The fourth-order valence-corrected chi connectivity index (χ4v) is 4.56. The lowest BCUT2D eigenvalue weighted by Gasteiger charge is -2.07. The number of nitrogens with zero attached hydrogens (tertiary/aromatic N) is 4. The summed E-state index contributed by atoms with van der Waals surface area (Å²) in [7, 11) is 0. The SMILES string of the molecule is Nc1cc(Nc2nccc3nc(-c4c(Cl)cc(COC=O)cc4Cl)sc23)ncn1. The first-order chi connectivity index (χ1) is 14.0. The van der Waals surface area contributed by atoms with Crippen molar-refractivity contribution < 1.29 is 9.53 Å². The number of nitrogens with one attached hydrogen (secondary N) is 1. The summed E-state index contributed by atoms with van der Waals surface area (Å²) in [5.74, 6) is 1.44. The number of ether oxygens (including phenoxy) is 1. The zero-order chi connectivity index (χ0) is 20.4. The van der Waals surface area contributed by atoms with Crippen LogP contribution in [0.5, 0.6) is 0 Å². The normalized spacial score (nSPS) is 10.8. The molecule has 4 rings (SSSR count). The fourth-order valence-electron chi connectivity index (χ4n) is 2.66. The summed E-state index contributed by atoms with van der Waals surface area (Å²) >= 11 is 14.3. The van der Waals surface area contributed by atoms with Crippen LogP contribution >= 0.6 is 34.5 Å². The van der Waals surface area contributed by atoms with Crippen LogP contribution in [0.15, 0.2) is 36.8 Å². The molecule has 8 nitrogen and oxygen atoms in total. The lowest BCUT2D eigenvalue weighted by Crippen LogP contribution is -1.98. The van der Waals surface area contributed by atoms with Gasteiger partial charge in [0.25, 0.3) is 6.47 Å². The second kappa shape index (κ2) is 8.16. The molecule has 0 aliphatic heterocycles. The molecular weight excluding hydrogens is 435 g/mol. The fraction of sp³-hybridized carbons (Fsp3) is 0.0556. The first kappa shape index (κ1) is 19.3. The number of carbonyl (C=O) groups excluding carboxylic acids is 1. The smallest absolute Gasteiger partial charge is 0.293 e. The van der Waals surface area contributed by atoms with Crippen molar-refractivity contribution >= 4 is 68.7 Å². The van der Waals surface area contributed by atoms with Gasteiger partial charge in [0.15, 0.2) is 5.82 Å². The third-order valence-corrected chi connectivity index (χ3v) is 5.56. The second-order valence-electron chi connectivity index (χ2n) is 5.82. The number of nitrogens with two attached hydrogens (primary N) is 1. The molecular formula is C18H12Cl2N6O2S. The molecule has 0 atom stereocenters. The number of hydrogen-bond donors (Lipinski definition) is 2. The molecule has 0 aliphatic rings. The Balaban J connectivity index is 1.74. The van der Waals surface area contributed by atoms with E-state index in [1.165, 1.54) is 17.7 Å². The van der Waals surface area contributed by atoms with Crippen molar-refractivity contribution in [3.63, 3.8) is 0 Å². The molecule has 11 heteroatoms. The predicted octanol–water partition coefficient (Wildman–Crippen LogP) is 4.45. The van der Waals surface area contributed by atoms with Gasteiger partial charge in [-0.05, 0) is 23.8 Å². The Morgan fingerprint density at radius 3 is 2.69 bits per heavy atom. The van der Waals surface area contributed by atoms with E-state index >= 15 is 0 Å². The van der Waals surface area contributed by atoms with E-state index < -0.39 is 0 Å². The van der Waals surface area contributed by atoms with Crippen LogP contribution in [0.2, 0.25) is 10.0 Å². The Morgan fingerprint density at radius 2 is 1.97 bits per heavy atom. The largest absolute Gasteiger partial charge is 0.463 e. The first-order valence-corrected chi connectivity index (χ1v) is 9.76. The van der Waals surface area contributed by atoms with Gasteiger partial charge in [-0.2, -0.15) is 0 Å². The minimum atomic E-state index is 0.0864. The minimum absolute atomic E-state index is 0.0864. The van der Waals surface area contributed by atoms with E-state index in [1.54, 1.807) is 30.5 Å². The molecule has 0 aliphatic carbocycles. The van der Waals surface area contributed by atoms with Crippen LogP contribution in [0.4, 0.5) is 17.5 Å². The molecule has 0 spiro atoms. The van der Waals surface area contributed by atoms with Gasteiger partial charge in [0.2, 0.25) is 0 Å². The van der Waals surface area contributed by atoms with E-state index in [0.717, 1.165) is 10.2 Å². The molecule has 0 fully saturated rings. The van der Waals surface area contributed by atoms with Gasteiger partial charge in [-0.15, -0.1) is 11.3 Å². The van der Waals surface area contributed by atoms with Crippen LogP contribution in [-0.4, -0.2) is 26.4 Å². The molecule has 0 unspecified atom stereocenters. The summed E-state index contributed by atoms with van der Waals surface area (Å²) in [6, 6.07) is 6.79. The van der Waals surface area contributed by atoms with Gasteiger partial charge in [0, 0.05) is 17.8 Å². The molecule has 29 heavy (non-hydrogen) atoms. The molecule has 3 aromatic heterocycles. The second-order valence-corrected chi connectivity index (χ2v) is 7.64. The topological polar surface area (TPSA) is 116 Å². The number of thiazole rings is 1. The number of carbonyl (C=O) groups is 1. The highest BCUT2D eigenvalue weighted by Gasteiger charge is 2.17. The molecule has 0 saturated carbocycles. The van der Waals surface area contributed by atoms with E-state index in [2.05, 4.69) is 25.3 Å². The van der Waals surface area contributed by atoms with E-state index in [1.807, 2.05) is 0 Å². The quantitative estimate of drug-likeness (QED) is 0.417. The average Bonchev–Trinajstić information content (AvgIpc) is 3.10. The van der Waals surface area contributed by atoms with Crippen LogP contribution in [0.25, 0.3) is 20.8 Å². The number of nitrogen functional groups attached to an aromatic ring is 1. The standard InChI is InChI=1S/C18H12Cl2N6O2S/c19-10-3-9(6-28-8-27)4-11(20)15(10)18-25-12-1-2-22-17(16(12)29-18)26-14-5-13(21)23-7-24-14/h1-5,7-8H,6H2,(H3,21,22,23,24,26). The number of rotatable bonds is 6. The lowest BCUT2D eigenvalue weighted by molar-refractivity contribution is -0.129. The third-order valence-electron chi connectivity index (χ3n) is 3.87. The van der Waals surface area contributed by atoms with Crippen LogP contribution in [-0.2, 0) is 16.1 Å². The minimum Gasteiger partial charge on any atom is -0.463 e. The molecule has 146 valence electrons. The molecule has 0 amide bonds. The highest BCUT2D eigenvalue weighted by Crippen LogP contribution is 2.41. The summed E-state index contributed by atoms with van der Waals surface area (Å²) in [6.45, 7) is 0.458. The van der Waals surface area contributed by atoms with E-state index in [0.29, 0.717) is 50.1 Å². The van der Waals surface area contributed by atoms with Gasteiger partial charge in [-0.3, -0.25) is 4.79 Å². The van der Waals surface area contributed by atoms with Gasteiger partial charge in [-0.25, -0.2) is 19.9 Å². The van der Waals surface area contributed by atoms with Crippen molar-refractivity contribution in [2.24, 2.45) is 0 Å². The third kappa shape index (κ3) is 4.07. The summed E-state index contributed by atoms with van der Waals surface area (Å²) in [6.07, 6.45) is 3.01. The first-order valence-electron chi connectivity index (χ1n) is 8.19. The average molecular weight is 447 g/mol. The highest BCUT2D eigenvalue weighted by molar-refractivity contribution is 7.22. The van der Waals surface area contributed by atoms with E-state index in [-0.39, 0.29) is 6.61 Å². The molecule has 0 saturated heterocycles. The maximum Gasteiger partial charge on any atom is 0.293 e. The number of fused-ring (bicyclic) bond motifs is 1. The monoisotopic (exact) mass is 446 g/mol. The summed E-state index contributed by atoms with van der Waals surface area (Å²) in [5.41, 5.74) is 7.71. The van der Waals surface area contributed by atoms with Crippen LogP contribution in [0, 0.1) is 0 Å².